The Morgan fingerprint density at radius 1 is 1.07 bits per heavy atom. The third-order valence-corrected chi connectivity index (χ3v) is 6.18. The number of carbonyl (C=O) groups excluding carboxylic acids is 1. The molecule has 3 rings (SSSR count). The van der Waals surface area contributed by atoms with Gasteiger partial charge in [0, 0.05) is 23.6 Å². The van der Waals surface area contributed by atoms with Crippen LogP contribution in [-0.2, 0) is 0 Å². The highest BCUT2D eigenvalue weighted by Gasteiger charge is 2.24. The van der Waals surface area contributed by atoms with Crippen molar-refractivity contribution < 1.29 is 14.3 Å². The van der Waals surface area contributed by atoms with E-state index in [0.717, 1.165) is 34.3 Å². The smallest absolute Gasteiger partial charge is 0.320 e. The van der Waals surface area contributed by atoms with Crippen molar-refractivity contribution in [3.63, 3.8) is 0 Å². The fourth-order valence-corrected chi connectivity index (χ4v) is 4.46. The maximum absolute atomic E-state index is 13.5. The van der Waals surface area contributed by atoms with Crippen LogP contribution in [0, 0.1) is 0 Å². The van der Waals surface area contributed by atoms with Gasteiger partial charge in [-0.1, -0.05) is 41.1 Å². The monoisotopic (exact) mass is 493 g/mol. The molecule has 0 aliphatic carbocycles. The van der Waals surface area contributed by atoms with Gasteiger partial charge in [-0.25, -0.2) is 4.98 Å². The Balaban J connectivity index is 2.00. The largest absolute Gasteiger partial charge is 0.481 e. The number of benzene rings is 1. The molecule has 0 aliphatic rings. The minimum Gasteiger partial charge on any atom is -0.481 e. The van der Waals surface area contributed by atoms with E-state index in [4.69, 9.17) is 14.5 Å². The molecule has 30 heavy (non-hydrogen) atoms. The van der Waals surface area contributed by atoms with Gasteiger partial charge in [0.15, 0.2) is 5.13 Å². The highest BCUT2D eigenvalue weighted by molar-refractivity contribution is 9.10. The molecule has 0 bridgehead atoms. The second-order valence-corrected chi connectivity index (χ2v) is 8.30. The zero-order valence-electron chi connectivity index (χ0n) is 17.4. The molecule has 0 unspecified atom stereocenters. The van der Waals surface area contributed by atoms with Gasteiger partial charge in [0.05, 0.1) is 24.4 Å². The van der Waals surface area contributed by atoms with E-state index in [0.29, 0.717) is 11.7 Å². The maximum Gasteiger partial charge on any atom is 0.320 e. The number of ether oxygens (including phenoxy) is 2. The van der Waals surface area contributed by atoms with Crippen LogP contribution in [0.3, 0.4) is 0 Å². The van der Waals surface area contributed by atoms with E-state index in [1.807, 2.05) is 18.2 Å². The number of carbonyl (C=O) groups is 1. The van der Waals surface area contributed by atoms with Crippen LogP contribution in [0.4, 0.5) is 5.13 Å². The summed E-state index contributed by atoms with van der Waals surface area (Å²) in [6, 6.07) is 7.46. The Hall–Kier alpha value is -2.30. The Morgan fingerprint density at radius 3 is 2.50 bits per heavy atom. The summed E-state index contributed by atoms with van der Waals surface area (Å²) in [5, 5.41) is 0.622. The molecule has 0 saturated carbocycles. The Labute approximate surface area is 188 Å². The molecule has 1 amide bonds. The van der Waals surface area contributed by atoms with Gasteiger partial charge in [-0.15, -0.1) is 0 Å². The topological polar surface area (TPSA) is 80.7 Å². The lowest BCUT2D eigenvalue weighted by Crippen LogP contribution is -2.39. The molecule has 0 saturated heterocycles. The molecule has 160 valence electrons. The number of hydrogen-bond donors (Lipinski definition) is 0. The van der Waals surface area contributed by atoms with Gasteiger partial charge in [-0.3, -0.25) is 9.69 Å². The van der Waals surface area contributed by atoms with Crippen molar-refractivity contribution in [1.82, 2.24) is 19.9 Å². The summed E-state index contributed by atoms with van der Waals surface area (Å²) in [5.74, 6) is -0.0126. The molecule has 3 aromatic rings. The lowest BCUT2D eigenvalue weighted by molar-refractivity contribution is 0.0977. The number of methoxy groups -OCH3 is 2. The van der Waals surface area contributed by atoms with E-state index in [9.17, 15) is 4.79 Å². The summed E-state index contributed by atoms with van der Waals surface area (Å²) in [4.78, 5) is 30.4. The van der Waals surface area contributed by atoms with Crippen molar-refractivity contribution in [1.29, 1.82) is 0 Å². The molecule has 0 spiro atoms. The highest BCUT2D eigenvalue weighted by atomic mass is 79.9. The number of amides is 1. The third-order valence-electron chi connectivity index (χ3n) is 4.64. The van der Waals surface area contributed by atoms with E-state index >= 15 is 0 Å². The molecule has 0 fully saturated rings. The molecule has 0 N–H and O–H groups in total. The van der Waals surface area contributed by atoms with Crippen molar-refractivity contribution in [3.05, 3.63) is 34.4 Å². The zero-order chi connectivity index (χ0) is 21.7. The van der Waals surface area contributed by atoms with Crippen molar-refractivity contribution in [2.24, 2.45) is 0 Å². The summed E-state index contributed by atoms with van der Waals surface area (Å²) < 4.78 is 12.3. The van der Waals surface area contributed by atoms with Gasteiger partial charge in [-0.2, -0.15) is 9.97 Å². The zero-order valence-corrected chi connectivity index (χ0v) is 19.8. The van der Waals surface area contributed by atoms with Gasteiger partial charge >= 0.3 is 6.01 Å². The molecule has 0 aliphatic heterocycles. The van der Waals surface area contributed by atoms with Gasteiger partial charge < -0.3 is 14.4 Å². The standard InChI is InChI=1S/C20H24BrN5O3S/c1-5-25(6-2)9-10-26(20-23-14-8-7-13(21)11-16(14)30-20)18(27)15-12-17(28-3)24-19(22-15)29-4/h7-8,11-12H,5-6,9-10H2,1-4H3. The Kier molecular flexibility index (Phi) is 7.57. The highest BCUT2D eigenvalue weighted by Crippen LogP contribution is 2.31. The first kappa shape index (κ1) is 22.4. The normalized spacial score (nSPS) is 11.1. The second-order valence-electron chi connectivity index (χ2n) is 6.37. The molecular weight excluding hydrogens is 470 g/mol. The van der Waals surface area contributed by atoms with Gasteiger partial charge in [0.2, 0.25) is 5.88 Å². The summed E-state index contributed by atoms with van der Waals surface area (Å²) in [5.41, 5.74) is 1.04. The number of aromatic nitrogens is 3. The number of nitrogens with zero attached hydrogens (tertiary/aromatic N) is 5. The van der Waals surface area contributed by atoms with E-state index in [1.54, 1.807) is 4.90 Å². The van der Waals surface area contributed by atoms with Crippen molar-refractivity contribution in [3.8, 4) is 11.9 Å². The fourth-order valence-electron chi connectivity index (χ4n) is 2.91. The van der Waals surface area contributed by atoms with Crippen molar-refractivity contribution >= 4 is 48.5 Å². The van der Waals surface area contributed by atoms with Gasteiger partial charge in [0.25, 0.3) is 5.91 Å². The van der Waals surface area contributed by atoms with Crippen LogP contribution in [0.5, 0.6) is 11.9 Å². The van der Waals surface area contributed by atoms with Crippen LogP contribution in [-0.4, -0.2) is 66.2 Å². The van der Waals surface area contributed by atoms with Crippen molar-refractivity contribution in [2.75, 3.05) is 45.3 Å². The van der Waals surface area contributed by atoms with Gasteiger partial charge in [0.1, 0.15) is 5.69 Å². The molecule has 10 heteroatoms. The van der Waals surface area contributed by atoms with Crippen LogP contribution in [0.2, 0.25) is 0 Å². The minimum absolute atomic E-state index is 0.0784. The molecule has 0 radical (unpaired) electrons. The Morgan fingerprint density at radius 2 is 1.83 bits per heavy atom. The molecule has 8 nitrogen and oxygen atoms in total. The number of hydrogen-bond acceptors (Lipinski definition) is 8. The van der Waals surface area contributed by atoms with Crippen LogP contribution < -0.4 is 14.4 Å². The van der Waals surface area contributed by atoms with E-state index in [-0.39, 0.29) is 23.5 Å². The average molecular weight is 494 g/mol. The number of fused-ring (bicyclic) bond motifs is 1. The first-order valence-electron chi connectivity index (χ1n) is 9.56. The summed E-state index contributed by atoms with van der Waals surface area (Å²) >= 11 is 4.96. The predicted molar refractivity (Wildman–Crippen MR) is 122 cm³/mol. The van der Waals surface area contributed by atoms with Crippen LogP contribution in [0.25, 0.3) is 10.2 Å². The maximum atomic E-state index is 13.5. The molecule has 0 atom stereocenters. The first-order chi connectivity index (χ1) is 14.5. The lowest BCUT2D eigenvalue weighted by Gasteiger charge is -2.24. The minimum atomic E-state index is -0.278. The quantitative estimate of drug-likeness (QED) is 0.447. The molecule has 2 heterocycles. The predicted octanol–water partition coefficient (Wildman–Crippen LogP) is 3.85. The SMILES string of the molecule is CCN(CC)CCN(C(=O)c1cc(OC)nc(OC)n1)c1nc2ccc(Br)cc2s1. The van der Waals surface area contributed by atoms with Crippen LogP contribution in [0.15, 0.2) is 28.7 Å². The van der Waals surface area contributed by atoms with E-state index < -0.39 is 0 Å². The number of rotatable bonds is 9. The number of thiazole rings is 1. The Bertz CT molecular complexity index is 1000. The van der Waals surface area contributed by atoms with Gasteiger partial charge in [-0.05, 0) is 31.3 Å². The van der Waals surface area contributed by atoms with E-state index in [2.05, 4.69) is 44.6 Å². The average Bonchev–Trinajstić information content (AvgIpc) is 3.18. The molecular formula is C20H24BrN5O3S. The third kappa shape index (κ3) is 5.05. The summed E-state index contributed by atoms with van der Waals surface area (Å²) in [7, 11) is 2.94. The lowest BCUT2D eigenvalue weighted by atomic mass is 10.3. The summed E-state index contributed by atoms with van der Waals surface area (Å²) in [6.45, 7) is 7.21. The first-order valence-corrected chi connectivity index (χ1v) is 11.2. The summed E-state index contributed by atoms with van der Waals surface area (Å²) in [6.07, 6.45) is 0. The van der Waals surface area contributed by atoms with Crippen molar-refractivity contribution in [2.45, 2.75) is 13.8 Å². The number of anilines is 1. The van der Waals surface area contributed by atoms with Crippen LogP contribution in [0.1, 0.15) is 24.3 Å². The molecule has 2 aromatic heterocycles. The second kappa shape index (κ2) is 10.1. The fraction of sp³-hybridized carbons (Fsp3) is 0.400. The number of halogens is 1. The number of likely N-dealkylation sites (N-methyl/N-ethyl adjacent to an activating group) is 1. The van der Waals surface area contributed by atoms with Crippen LogP contribution >= 0.6 is 27.3 Å². The van der Waals surface area contributed by atoms with E-state index in [1.165, 1.54) is 31.6 Å². The molecule has 1 aromatic carbocycles.